The van der Waals surface area contributed by atoms with Gasteiger partial charge in [0.15, 0.2) is 0 Å². The van der Waals surface area contributed by atoms with E-state index in [1.54, 1.807) is 48.5 Å². The summed E-state index contributed by atoms with van der Waals surface area (Å²) in [5.74, 6) is 2.62. The standard InChI is InChI=1S/C30H28N2O7/c1-20-27(31-28(37-20)22-8-3-2-4-9-22)15-16-36-24-10-5-7-21(17-24)19-32(29(33)34)30(35)39-26-12-6-11-25(18-26)38-23-13-14-23/h2-12,17-18,23H,13-16,19H2,1H3,(H,33,34). The van der Waals surface area contributed by atoms with Crippen LogP contribution in [0.5, 0.6) is 17.2 Å². The zero-order valence-electron chi connectivity index (χ0n) is 21.4. The molecule has 1 aliphatic rings. The predicted octanol–water partition coefficient (Wildman–Crippen LogP) is 6.49. The molecule has 1 heterocycles. The molecular weight excluding hydrogens is 500 g/mol. The van der Waals surface area contributed by atoms with Crippen LogP contribution in [0.15, 0.2) is 83.3 Å². The first kappa shape index (κ1) is 25.8. The molecule has 39 heavy (non-hydrogen) atoms. The molecule has 1 saturated carbocycles. The molecule has 0 unspecified atom stereocenters. The first-order valence-electron chi connectivity index (χ1n) is 12.7. The zero-order chi connectivity index (χ0) is 27.2. The summed E-state index contributed by atoms with van der Waals surface area (Å²) in [7, 11) is 0. The lowest BCUT2D eigenvalue weighted by Gasteiger charge is -2.18. The van der Waals surface area contributed by atoms with Crippen molar-refractivity contribution in [3.8, 4) is 28.7 Å². The van der Waals surface area contributed by atoms with E-state index in [1.807, 2.05) is 37.3 Å². The minimum atomic E-state index is -1.42. The van der Waals surface area contributed by atoms with Crippen LogP contribution in [-0.2, 0) is 13.0 Å². The van der Waals surface area contributed by atoms with E-state index in [-0.39, 0.29) is 18.4 Å². The Morgan fingerprint density at radius 1 is 0.974 bits per heavy atom. The Morgan fingerprint density at radius 2 is 1.72 bits per heavy atom. The van der Waals surface area contributed by atoms with Gasteiger partial charge in [0.1, 0.15) is 23.0 Å². The Kier molecular flexibility index (Phi) is 7.77. The highest BCUT2D eigenvalue weighted by molar-refractivity contribution is 5.87. The highest BCUT2D eigenvalue weighted by Crippen LogP contribution is 2.29. The van der Waals surface area contributed by atoms with Crippen LogP contribution in [0.4, 0.5) is 9.59 Å². The summed E-state index contributed by atoms with van der Waals surface area (Å²) >= 11 is 0. The van der Waals surface area contributed by atoms with E-state index in [4.69, 9.17) is 18.6 Å². The number of carbonyl (C=O) groups excluding carboxylic acids is 1. The van der Waals surface area contributed by atoms with Crippen molar-refractivity contribution in [2.75, 3.05) is 6.61 Å². The number of carbonyl (C=O) groups is 2. The molecule has 0 atom stereocenters. The number of aromatic nitrogens is 1. The van der Waals surface area contributed by atoms with Gasteiger partial charge in [0.2, 0.25) is 5.89 Å². The summed E-state index contributed by atoms with van der Waals surface area (Å²) in [5.41, 5.74) is 2.28. The fraction of sp³-hybridized carbons (Fsp3) is 0.233. The molecule has 0 radical (unpaired) electrons. The molecule has 5 rings (SSSR count). The Morgan fingerprint density at radius 3 is 2.49 bits per heavy atom. The van der Waals surface area contributed by atoms with Crippen LogP contribution in [0.3, 0.4) is 0 Å². The van der Waals surface area contributed by atoms with Gasteiger partial charge in [0.25, 0.3) is 0 Å². The molecule has 9 nitrogen and oxygen atoms in total. The smallest absolute Gasteiger partial charge is 0.425 e. The van der Waals surface area contributed by atoms with E-state index in [0.29, 0.717) is 40.9 Å². The average molecular weight is 529 g/mol. The summed E-state index contributed by atoms with van der Waals surface area (Å²) < 4.78 is 22.7. The van der Waals surface area contributed by atoms with Gasteiger partial charge in [-0.25, -0.2) is 19.5 Å². The van der Waals surface area contributed by atoms with Crippen LogP contribution in [0.2, 0.25) is 0 Å². The number of aryl methyl sites for hydroxylation is 1. The van der Waals surface area contributed by atoms with Crippen molar-refractivity contribution in [1.29, 1.82) is 0 Å². The summed E-state index contributed by atoms with van der Waals surface area (Å²) in [6.45, 7) is 2.01. The number of hydrogen-bond donors (Lipinski definition) is 1. The molecule has 2 amide bonds. The third kappa shape index (κ3) is 6.95. The number of carboxylic acid groups (broad SMARTS) is 1. The fourth-order valence-corrected chi connectivity index (χ4v) is 3.90. The van der Waals surface area contributed by atoms with Crippen molar-refractivity contribution >= 4 is 12.2 Å². The molecule has 0 spiro atoms. The van der Waals surface area contributed by atoms with Gasteiger partial charge in [-0.3, -0.25) is 0 Å². The molecule has 4 aromatic rings. The number of ether oxygens (including phenoxy) is 3. The molecule has 0 aliphatic heterocycles. The Hall–Kier alpha value is -4.79. The van der Waals surface area contributed by atoms with Crippen molar-refractivity contribution in [2.45, 2.75) is 38.8 Å². The van der Waals surface area contributed by atoms with Crippen LogP contribution in [0.1, 0.15) is 29.9 Å². The Balaban J connectivity index is 1.18. The maximum Gasteiger partial charge on any atom is 0.425 e. The van der Waals surface area contributed by atoms with Crippen molar-refractivity contribution in [2.24, 2.45) is 0 Å². The number of rotatable bonds is 10. The van der Waals surface area contributed by atoms with Gasteiger partial charge in [-0.1, -0.05) is 36.4 Å². The topological polar surface area (TPSA) is 111 Å². The third-order valence-electron chi connectivity index (χ3n) is 6.05. The SMILES string of the molecule is Cc1oc(-c2ccccc2)nc1CCOc1cccc(CN(C(=O)O)C(=O)Oc2cccc(OC3CC3)c2)c1. The van der Waals surface area contributed by atoms with Gasteiger partial charge in [-0.15, -0.1) is 0 Å². The van der Waals surface area contributed by atoms with Crippen molar-refractivity contribution in [1.82, 2.24) is 9.88 Å². The number of hydrogen-bond acceptors (Lipinski definition) is 7. The van der Waals surface area contributed by atoms with E-state index in [1.165, 1.54) is 0 Å². The zero-order valence-corrected chi connectivity index (χ0v) is 21.4. The third-order valence-corrected chi connectivity index (χ3v) is 6.05. The summed E-state index contributed by atoms with van der Waals surface area (Å²) in [6.07, 6.45) is 0.278. The van der Waals surface area contributed by atoms with E-state index in [0.717, 1.165) is 29.9 Å². The van der Waals surface area contributed by atoms with Gasteiger partial charge in [-0.2, -0.15) is 0 Å². The Bertz CT molecular complexity index is 1450. The number of oxazole rings is 1. The van der Waals surface area contributed by atoms with Gasteiger partial charge >= 0.3 is 12.2 Å². The lowest BCUT2D eigenvalue weighted by Crippen LogP contribution is -2.37. The summed E-state index contributed by atoms with van der Waals surface area (Å²) in [4.78, 5) is 29.7. The molecule has 200 valence electrons. The van der Waals surface area contributed by atoms with Crippen LogP contribution in [0, 0.1) is 6.92 Å². The monoisotopic (exact) mass is 528 g/mol. The van der Waals surface area contributed by atoms with Crippen LogP contribution in [-0.4, -0.2) is 39.9 Å². The first-order chi connectivity index (χ1) is 18.9. The van der Waals surface area contributed by atoms with Gasteiger partial charge in [-0.05, 0) is 61.7 Å². The van der Waals surface area contributed by atoms with Crippen molar-refractivity contribution < 1.29 is 33.3 Å². The highest BCUT2D eigenvalue weighted by atomic mass is 16.6. The molecule has 1 N–H and O–H groups in total. The number of amides is 2. The van der Waals surface area contributed by atoms with Crippen LogP contribution in [0.25, 0.3) is 11.5 Å². The second-order valence-corrected chi connectivity index (χ2v) is 9.16. The number of benzene rings is 3. The summed E-state index contributed by atoms with van der Waals surface area (Å²) in [5, 5.41) is 9.67. The quantitative estimate of drug-likeness (QED) is 0.249. The molecule has 3 aromatic carbocycles. The lowest BCUT2D eigenvalue weighted by molar-refractivity contribution is 0.124. The molecule has 0 bridgehead atoms. The maximum absolute atomic E-state index is 12.7. The van der Waals surface area contributed by atoms with Crippen LogP contribution < -0.4 is 14.2 Å². The molecule has 0 saturated heterocycles. The van der Waals surface area contributed by atoms with Gasteiger partial charge < -0.3 is 23.7 Å². The fourth-order valence-electron chi connectivity index (χ4n) is 3.90. The van der Waals surface area contributed by atoms with E-state index >= 15 is 0 Å². The maximum atomic E-state index is 12.7. The molecular formula is C30H28N2O7. The molecule has 1 aliphatic carbocycles. The van der Waals surface area contributed by atoms with Crippen LogP contribution >= 0.6 is 0 Å². The lowest BCUT2D eigenvalue weighted by atomic mass is 10.2. The van der Waals surface area contributed by atoms with Gasteiger partial charge in [0.05, 0.1) is 24.9 Å². The van der Waals surface area contributed by atoms with Crippen molar-refractivity contribution in [3.63, 3.8) is 0 Å². The molecule has 1 fully saturated rings. The van der Waals surface area contributed by atoms with E-state index < -0.39 is 12.2 Å². The second-order valence-electron chi connectivity index (χ2n) is 9.16. The predicted molar refractivity (Wildman–Crippen MR) is 142 cm³/mol. The minimum Gasteiger partial charge on any atom is -0.493 e. The van der Waals surface area contributed by atoms with E-state index in [9.17, 15) is 14.7 Å². The molecule has 9 heteroatoms. The van der Waals surface area contributed by atoms with Gasteiger partial charge in [0, 0.05) is 18.1 Å². The molecule has 1 aromatic heterocycles. The number of nitrogens with zero attached hydrogens (tertiary/aromatic N) is 2. The number of imide groups is 1. The highest BCUT2D eigenvalue weighted by Gasteiger charge is 2.25. The largest absolute Gasteiger partial charge is 0.493 e. The van der Waals surface area contributed by atoms with Crippen molar-refractivity contribution in [3.05, 3.63) is 95.9 Å². The second kappa shape index (κ2) is 11.7. The normalized spacial score (nSPS) is 12.5. The summed E-state index contributed by atoms with van der Waals surface area (Å²) in [6, 6.07) is 23.2. The van der Waals surface area contributed by atoms with E-state index in [2.05, 4.69) is 4.98 Å². The average Bonchev–Trinajstić information content (AvgIpc) is 3.67. The first-order valence-corrected chi connectivity index (χ1v) is 12.7. The Labute approximate surface area is 225 Å². The minimum absolute atomic E-state index is 0.188.